The second-order valence-electron chi connectivity index (χ2n) is 11.3. The standard InChI is InChI=1S/C29H32ClN7O4/c1-34-13-11-31-25(38)14-19-15-36(28(41)29(9-3-10-29)20-5-7-21(30)8-6-20)18-24(19)37-17-22(32-33-37)16-35-12-2-4-23(26(34)39)27(35)40/h2,4-8,12,17,19,24H,3,9-11,13-16,18H2,1H3,(H,31,38)/t19-,24+/m0/s1. The first kappa shape index (κ1) is 27.2. The van der Waals surface area contributed by atoms with Crippen LogP contribution in [0.4, 0.5) is 0 Å². The number of halogens is 1. The van der Waals surface area contributed by atoms with Gasteiger partial charge in [0.05, 0.1) is 24.2 Å². The van der Waals surface area contributed by atoms with Gasteiger partial charge in [0, 0.05) is 56.8 Å². The Labute approximate surface area is 242 Å². The molecule has 3 amide bonds. The molecule has 2 aliphatic heterocycles. The third kappa shape index (κ3) is 5.03. The lowest BCUT2D eigenvalue weighted by Crippen LogP contribution is -2.50. The van der Waals surface area contributed by atoms with E-state index in [9.17, 15) is 19.2 Å². The fourth-order valence-corrected chi connectivity index (χ4v) is 6.40. The largest absolute Gasteiger partial charge is 0.354 e. The summed E-state index contributed by atoms with van der Waals surface area (Å²) in [6.45, 7) is 1.46. The minimum Gasteiger partial charge on any atom is -0.354 e. The third-order valence-electron chi connectivity index (χ3n) is 8.75. The van der Waals surface area contributed by atoms with Gasteiger partial charge >= 0.3 is 0 Å². The van der Waals surface area contributed by atoms with Crippen LogP contribution in [0.15, 0.2) is 53.6 Å². The molecule has 0 spiro atoms. The van der Waals surface area contributed by atoms with Crippen molar-refractivity contribution in [2.45, 2.75) is 43.7 Å². The van der Waals surface area contributed by atoms with Gasteiger partial charge in [0.15, 0.2) is 0 Å². The zero-order chi connectivity index (χ0) is 28.7. The van der Waals surface area contributed by atoms with Crippen molar-refractivity contribution in [3.63, 3.8) is 0 Å². The van der Waals surface area contributed by atoms with Gasteiger partial charge in [-0.1, -0.05) is 35.4 Å². The number of pyridine rings is 1. The fraction of sp³-hybridized carbons (Fsp3) is 0.448. The predicted molar refractivity (Wildman–Crippen MR) is 151 cm³/mol. The van der Waals surface area contributed by atoms with Gasteiger partial charge in [-0.25, -0.2) is 4.68 Å². The molecule has 1 saturated carbocycles. The number of amides is 3. The Morgan fingerprint density at radius 1 is 1.10 bits per heavy atom. The van der Waals surface area contributed by atoms with Gasteiger partial charge in [0.2, 0.25) is 11.8 Å². The number of aromatic nitrogens is 4. The van der Waals surface area contributed by atoms with Gasteiger partial charge < -0.3 is 19.7 Å². The molecule has 1 aliphatic carbocycles. The molecule has 2 fully saturated rings. The van der Waals surface area contributed by atoms with E-state index < -0.39 is 16.9 Å². The van der Waals surface area contributed by atoms with Crippen molar-refractivity contribution in [3.8, 4) is 0 Å². The van der Waals surface area contributed by atoms with E-state index in [1.54, 1.807) is 30.2 Å². The summed E-state index contributed by atoms with van der Waals surface area (Å²) in [6, 6.07) is 10.4. The number of hydrogen-bond acceptors (Lipinski definition) is 6. The summed E-state index contributed by atoms with van der Waals surface area (Å²) in [5, 5.41) is 12.2. The summed E-state index contributed by atoms with van der Waals surface area (Å²) in [5.74, 6) is -0.700. The highest BCUT2D eigenvalue weighted by atomic mass is 35.5. The maximum Gasteiger partial charge on any atom is 0.263 e. The highest BCUT2D eigenvalue weighted by Gasteiger charge is 2.50. The van der Waals surface area contributed by atoms with Gasteiger partial charge in [-0.05, 0) is 42.7 Å². The highest BCUT2D eigenvalue weighted by Crippen LogP contribution is 2.47. The van der Waals surface area contributed by atoms with Crippen LogP contribution in [-0.2, 0) is 21.5 Å². The van der Waals surface area contributed by atoms with E-state index >= 15 is 0 Å². The van der Waals surface area contributed by atoms with E-state index in [1.165, 1.54) is 15.5 Å². The van der Waals surface area contributed by atoms with E-state index in [0.717, 1.165) is 24.8 Å². The first-order valence-electron chi connectivity index (χ1n) is 13.9. The molecule has 11 nitrogen and oxygen atoms in total. The number of fused-ring (bicyclic) bond motifs is 6. The molecule has 3 aromatic rings. The Balaban J connectivity index is 1.30. The first-order valence-corrected chi connectivity index (χ1v) is 14.3. The molecular formula is C29H32ClN7O4. The summed E-state index contributed by atoms with van der Waals surface area (Å²) < 4.78 is 3.16. The van der Waals surface area contributed by atoms with Crippen LogP contribution in [0.3, 0.4) is 0 Å². The lowest BCUT2D eigenvalue weighted by molar-refractivity contribution is -0.140. The van der Waals surface area contributed by atoms with Crippen molar-refractivity contribution < 1.29 is 14.4 Å². The van der Waals surface area contributed by atoms with Gasteiger partial charge in [0.25, 0.3) is 11.5 Å². The van der Waals surface area contributed by atoms with Gasteiger partial charge in [-0.2, -0.15) is 0 Å². The maximum atomic E-state index is 14.1. The molecule has 3 aliphatic rings. The number of rotatable bonds is 2. The summed E-state index contributed by atoms with van der Waals surface area (Å²) in [7, 11) is 1.60. The molecule has 0 radical (unpaired) electrons. The smallest absolute Gasteiger partial charge is 0.263 e. The van der Waals surface area contributed by atoms with E-state index in [4.69, 9.17) is 11.6 Å². The Kier molecular flexibility index (Phi) is 7.14. The summed E-state index contributed by atoms with van der Waals surface area (Å²) in [6.07, 6.45) is 6.10. The number of benzene rings is 1. The number of nitrogens with one attached hydrogen (secondary N) is 1. The first-order chi connectivity index (χ1) is 19.7. The Bertz CT molecular complexity index is 1540. The number of likely N-dealkylation sites (tertiary alicyclic amines) is 1. The molecule has 2 aromatic heterocycles. The Morgan fingerprint density at radius 2 is 1.88 bits per heavy atom. The lowest BCUT2D eigenvalue weighted by Gasteiger charge is -2.43. The molecule has 2 atom stereocenters. The van der Waals surface area contributed by atoms with Crippen LogP contribution in [0.1, 0.15) is 53.3 Å². The summed E-state index contributed by atoms with van der Waals surface area (Å²) in [4.78, 5) is 56.4. The third-order valence-corrected chi connectivity index (χ3v) is 9.00. The highest BCUT2D eigenvalue weighted by molar-refractivity contribution is 6.30. The molecule has 1 N–H and O–H groups in total. The SMILES string of the molecule is CN1CCNC(=O)C[C@H]2CN(C(=O)C3(c4ccc(Cl)cc4)CCC3)C[C@H]2n2cc(nn2)Cn2cccc(c2=O)C1=O. The van der Waals surface area contributed by atoms with Gasteiger partial charge in [-0.15, -0.1) is 5.10 Å². The van der Waals surface area contributed by atoms with Crippen LogP contribution < -0.4 is 10.9 Å². The summed E-state index contributed by atoms with van der Waals surface area (Å²) >= 11 is 6.12. The number of nitrogens with zero attached hydrogens (tertiary/aromatic N) is 6. The molecule has 6 rings (SSSR count). The topological polar surface area (TPSA) is 122 Å². The lowest BCUT2D eigenvalue weighted by atomic mass is 9.63. The number of carbonyl (C=O) groups excluding carboxylic acids is 3. The van der Waals surface area contributed by atoms with Gasteiger partial charge in [0.1, 0.15) is 11.3 Å². The van der Waals surface area contributed by atoms with Crippen molar-refractivity contribution in [2.24, 2.45) is 5.92 Å². The molecule has 0 unspecified atom stereocenters. The van der Waals surface area contributed by atoms with E-state index in [1.807, 2.05) is 29.2 Å². The van der Waals surface area contributed by atoms with Crippen molar-refractivity contribution in [1.82, 2.24) is 34.7 Å². The van der Waals surface area contributed by atoms with Crippen LogP contribution in [0.25, 0.3) is 0 Å². The number of likely N-dealkylation sites (N-methyl/N-ethyl adjacent to an activating group) is 1. The van der Waals surface area contributed by atoms with Gasteiger partial charge in [-0.3, -0.25) is 19.2 Å². The van der Waals surface area contributed by atoms with E-state index in [2.05, 4.69) is 15.6 Å². The fourth-order valence-electron chi connectivity index (χ4n) is 6.28. The number of carbonyl (C=O) groups is 3. The molecule has 4 bridgehead atoms. The molecule has 12 heteroatoms. The van der Waals surface area contributed by atoms with Crippen molar-refractivity contribution >= 4 is 29.3 Å². The predicted octanol–water partition coefficient (Wildman–Crippen LogP) is 1.85. The van der Waals surface area contributed by atoms with Crippen molar-refractivity contribution in [2.75, 3.05) is 33.2 Å². The van der Waals surface area contributed by atoms with Crippen molar-refractivity contribution in [1.29, 1.82) is 0 Å². The zero-order valence-electron chi connectivity index (χ0n) is 22.8. The Hall–Kier alpha value is -3.99. The molecule has 1 aromatic carbocycles. The van der Waals surface area contributed by atoms with Crippen LogP contribution in [0.5, 0.6) is 0 Å². The molecule has 4 heterocycles. The van der Waals surface area contributed by atoms with Crippen LogP contribution in [-0.4, -0.2) is 80.3 Å². The second-order valence-corrected chi connectivity index (χ2v) is 11.7. The average Bonchev–Trinajstić information content (AvgIpc) is 3.56. The average molecular weight is 578 g/mol. The normalized spacial score (nSPS) is 22.6. The quantitative estimate of drug-likeness (QED) is 0.496. The van der Waals surface area contributed by atoms with E-state index in [0.29, 0.717) is 23.8 Å². The number of hydrogen-bond donors (Lipinski definition) is 1. The molecular weight excluding hydrogens is 546 g/mol. The molecule has 1 saturated heterocycles. The maximum absolute atomic E-state index is 14.1. The minimum absolute atomic E-state index is 0.0523. The summed E-state index contributed by atoms with van der Waals surface area (Å²) in [5.41, 5.74) is 0.561. The molecule has 214 valence electrons. The van der Waals surface area contributed by atoms with Crippen LogP contribution in [0, 0.1) is 5.92 Å². The van der Waals surface area contributed by atoms with Crippen LogP contribution >= 0.6 is 11.6 Å². The van der Waals surface area contributed by atoms with Crippen LogP contribution in [0.2, 0.25) is 5.02 Å². The monoisotopic (exact) mass is 577 g/mol. The Morgan fingerprint density at radius 3 is 2.61 bits per heavy atom. The second kappa shape index (κ2) is 10.8. The van der Waals surface area contributed by atoms with Crippen molar-refractivity contribution in [3.05, 3.63) is 81.0 Å². The van der Waals surface area contributed by atoms with E-state index in [-0.39, 0.29) is 55.4 Å². The minimum atomic E-state index is -0.585. The zero-order valence-corrected chi connectivity index (χ0v) is 23.6. The molecule has 41 heavy (non-hydrogen) atoms.